The summed E-state index contributed by atoms with van der Waals surface area (Å²) in [4.78, 5) is 12.5. The zero-order valence-corrected chi connectivity index (χ0v) is 14.7. The van der Waals surface area contributed by atoms with Gasteiger partial charge in [-0.05, 0) is 69.3 Å². The molecule has 0 aromatic heterocycles. The van der Waals surface area contributed by atoms with E-state index in [-0.39, 0.29) is 5.91 Å². The summed E-state index contributed by atoms with van der Waals surface area (Å²) in [6.45, 7) is 6.35. The van der Waals surface area contributed by atoms with Crippen LogP contribution < -0.4 is 11.1 Å². The van der Waals surface area contributed by atoms with Gasteiger partial charge in [0.2, 0.25) is 5.91 Å². The molecule has 19 heavy (non-hydrogen) atoms. The summed E-state index contributed by atoms with van der Waals surface area (Å²) in [6.07, 6.45) is 1.46. The molecule has 0 aliphatic heterocycles. The van der Waals surface area contributed by atoms with Gasteiger partial charge >= 0.3 is 0 Å². The highest BCUT2D eigenvalue weighted by atomic mass is 79.9. The second kappa shape index (κ2) is 6.86. The zero-order valence-electron chi connectivity index (χ0n) is 11.5. The lowest BCUT2D eigenvalue weighted by molar-refractivity contribution is -0.125. The predicted molar refractivity (Wildman–Crippen MR) is 87.3 cm³/mol. The average molecular weight is 392 g/mol. The van der Waals surface area contributed by atoms with Crippen molar-refractivity contribution in [3.05, 3.63) is 26.6 Å². The quantitative estimate of drug-likeness (QED) is 0.789. The topological polar surface area (TPSA) is 55.1 Å². The third kappa shape index (κ3) is 3.58. The van der Waals surface area contributed by atoms with E-state index in [0.29, 0.717) is 6.54 Å². The lowest BCUT2D eigenvalue weighted by Crippen LogP contribution is -2.41. The molecule has 1 rings (SSSR count). The smallest absolute Gasteiger partial charge is 0.231 e. The molecule has 106 valence electrons. The molecule has 0 aliphatic carbocycles. The summed E-state index contributed by atoms with van der Waals surface area (Å²) in [5, 5.41) is 2.99. The lowest BCUT2D eigenvalue weighted by atomic mass is 9.81. The van der Waals surface area contributed by atoms with Crippen LogP contribution >= 0.6 is 31.9 Å². The molecule has 0 atom stereocenters. The van der Waals surface area contributed by atoms with E-state index in [1.165, 1.54) is 0 Å². The van der Waals surface area contributed by atoms with E-state index in [9.17, 15) is 4.79 Å². The number of amides is 1. The first-order valence-electron chi connectivity index (χ1n) is 6.37. The van der Waals surface area contributed by atoms with Crippen LogP contribution in [0.3, 0.4) is 0 Å². The highest BCUT2D eigenvalue weighted by molar-refractivity contribution is 9.11. The van der Waals surface area contributed by atoms with Crippen LogP contribution in [0.4, 0.5) is 5.69 Å². The standard InChI is InChI=1S/C14H20Br2N2O/c1-4-14(5-2,8-17)13(19)18-12-10(15)6-9(3)7-11(12)16/h6-7H,4-5,8,17H2,1-3H3,(H,18,19). The zero-order chi connectivity index (χ0) is 14.6. The Morgan fingerprint density at radius 2 is 1.74 bits per heavy atom. The molecule has 0 saturated heterocycles. The normalized spacial score (nSPS) is 11.5. The molecule has 0 radical (unpaired) electrons. The number of benzene rings is 1. The molecule has 0 heterocycles. The van der Waals surface area contributed by atoms with Gasteiger partial charge in [-0.2, -0.15) is 0 Å². The minimum atomic E-state index is -0.496. The van der Waals surface area contributed by atoms with Gasteiger partial charge in [0.1, 0.15) is 0 Å². The van der Waals surface area contributed by atoms with Gasteiger partial charge in [-0.15, -0.1) is 0 Å². The Hall–Kier alpha value is -0.390. The van der Waals surface area contributed by atoms with Crippen LogP contribution in [-0.4, -0.2) is 12.5 Å². The molecule has 0 aliphatic rings. The molecule has 5 heteroatoms. The molecule has 0 bridgehead atoms. The first kappa shape index (κ1) is 16.7. The van der Waals surface area contributed by atoms with Crippen LogP contribution in [0.1, 0.15) is 32.3 Å². The van der Waals surface area contributed by atoms with E-state index >= 15 is 0 Å². The van der Waals surface area contributed by atoms with Crippen LogP contribution in [0.5, 0.6) is 0 Å². The first-order chi connectivity index (χ1) is 8.90. The first-order valence-corrected chi connectivity index (χ1v) is 7.96. The van der Waals surface area contributed by atoms with E-state index in [2.05, 4.69) is 37.2 Å². The largest absolute Gasteiger partial charge is 0.329 e. The van der Waals surface area contributed by atoms with Gasteiger partial charge < -0.3 is 11.1 Å². The van der Waals surface area contributed by atoms with Gasteiger partial charge in [-0.3, -0.25) is 4.79 Å². The number of carbonyl (C=O) groups is 1. The predicted octanol–water partition coefficient (Wildman–Crippen LogP) is 4.22. The van der Waals surface area contributed by atoms with Gasteiger partial charge in [0.25, 0.3) is 0 Å². The summed E-state index contributed by atoms with van der Waals surface area (Å²) >= 11 is 6.97. The van der Waals surface area contributed by atoms with Crippen LogP contribution in [-0.2, 0) is 4.79 Å². The van der Waals surface area contributed by atoms with Crippen LogP contribution in [0, 0.1) is 12.3 Å². The molecule has 1 aromatic carbocycles. The number of hydrogen-bond acceptors (Lipinski definition) is 2. The summed E-state index contributed by atoms with van der Waals surface area (Å²) < 4.78 is 1.73. The number of hydrogen-bond donors (Lipinski definition) is 2. The van der Waals surface area contributed by atoms with Crippen molar-refractivity contribution in [2.45, 2.75) is 33.6 Å². The Kier molecular flexibility index (Phi) is 6.02. The maximum Gasteiger partial charge on any atom is 0.231 e. The third-order valence-corrected chi connectivity index (χ3v) is 4.90. The summed E-state index contributed by atoms with van der Waals surface area (Å²) in [5.41, 5.74) is 7.18. The molecular weight excluding hydrogens is 372 g/mol. The second-order valence-electron chi connectivity index (χ2n) is 4.75. The van der Waals surface area contributed by atoms with Crippen molar-refractivity contribution < 1.29 is 4.79 Å². The molecular formula is C14H20Br2N2O. The SMILES string of the molecule is CCC(CC)(CN)C(=O)Nc1c(Br)cc(C)cc1Br. The fraction of sp³-hybridized carbons (Fsp3) is 0.500. The van der Waals surface area contributed by atoms with Crippen LogP contribution in [0.2, 0.25) is 0 Å². The number of aryl methyl sites for hydroxylation is 1. The third-order valence-electron chi connectivity index (χ3n) is 3.65. The monoisotopic (exact) mass is 390 g/mol. The van der Waals surface area contributed by atoms with Crippen molar-refractivity contribution in [2.75, 3.05) is 11.9 Å². The number of rotatable bonds is 5. The lowest BCUT2D eigenvalue weighted by Gasteiger charge is -2.29. The van der Waals surface area contributed by atoms with Crippen LogP contribution in [0.25, 0.3) is 0 Å². The van der Waals surface area contributed by atoms with Crippen molar-refractivity contribution in [1.82, 2.24) is 0 Å². The van der Waals surface area contributed by atoms with Gasteiger partial charge in [0, 0.05) is 15.5 Å². The van der Waals surface area contributed by atoms with E-state index in [4.69, 9.17) is 5.73 Å². The van der Waals surface area contributed by atoms with Crippen molar-refractivity contribution in [1.29, 1.82) is 0 Å². The van der Waals surface area contributed by atoms with E-state index in [1.54, 1.807) is 0 Å². The van der Waals surface area contributed by atoms with Crippen LogP contribution in [0.15, 0.2) is 21.1 Å². The van der Waals surface area contributed by atoms with Crippen molar-refractivity contribution in [3.63, 3.8) is 0 Å². The van der Waals surface area contributed by atoms with Gasteiger partial charge in [-0.1, -0.05) is 13.8 Å². The molecule has 3 nitrogen and oxygen atoms in total. The fourth-order valence-electron chi connectivity index (χ4n) is 2.02. The fourth-order valence-corrected chi connectivity index (χ4v) is 3.63. The maximum atomic E-state index is 12.5. The molecule has 0 unspecified atom stereocenters. The molecule has 0 saturated carbocycles. The Bertz CT molecular complexity index is 439. The Morgan fingerprint density at radius 1 is 1.26 bits per heavy atom. The molecule has 0 fully saturated rings. The van der Waals surface area contributed by atoms with Crippen molar-refractivity contribution in [2.24, 2.45) is 11.1 Å². The Balaban J connectivity index is 3.06. The highest BCUT2D eigenvalue weighted by Crippen LogP contribution is 2.35. The van der Waals surface area contributed by atoms with Crippen molar-refractivity contribution >= 4 is 43.5 Å². The Morgan fingerprint density at radius 3 is 2.11 bits per heavy atom. The van der Waals surface area contributed by atoms with Gasteiger partial charge in [0.05, 0.1) is 11.1 Å². The molecule has 1 aromatic rings. The van der Waals surface area contributed by atoms with Gasteiger partial charge in [0.15, 0.2) is 0 Å². The van der Waals surface area contributed by atoms with Gasteiger partial charge in [-0.25, -0.2) is 0 Å². The van der Waals surface area contributed by atoms with E-state index in [1.807, 2.05) is 32.9 Å². The Labute approximate surface area is 131 Å². The average Bonchev–Trinajstić information content (AvgIpc) is 2.36. The minimum Gasteiger partial charge on any atom is -0.329 e. The minimum absolute atomic E-state index is 0.0229. The number of anilines is 1. The molecule has 1 amide bonds. The molecule has 3 N–H and O–H groups in total. The maximum absolute atomic E-state index is 12.5. The number of nitrogens with two attached hydrogens (primary N) is 1. The number of carbonyl (C=O) groups excluding carboxylic acids is 1. The van der Waals surface area contributed by atoms with E-state index in [0.717, 1.165) is 33.0 Å². The number of nitrogens with one attached hydrogen (secondary N) is 1. The summed E-state index contributed by atoms with van der Waals surface area (Å²) in [6, 6.07) is 3.95. The van der Waals surface area contributed by atoms with E-state index < -0.39 is 5.41 Å². The highest BCUT2D eigenvalue weighted by Gasteiger charge is 2.33. The number of halogens is 2. The summed E-state index contributed by atoms with van der Waals surface area (Å²) in [7, 11) is 0. The second-order valence-corrected chi connectivity index (χ2v) is 6.46. The molecule has 0 spiro atoms. The summed E-state index contributed by atoms with van der Waals surface area (Å²) in [5.74, 6) is -0.0229. The van der Waals surface area contributed by atoms with Crippen molar-refractivity contribution in [3.8, 4) is 0 Å².